The van der Waals surface area contributed by atoms with E-state index in [1.807, 2.05) is 18.7 Å². The number of nitrogens with one attached hydrogen (secondary N) is 1. The van der Waals surface area contributed by atoms with E-state index in [-0.39, 0.29) is 29.6 Å². The second-order valence-corrected chi connectivity index (χ2v) is 6.68. The normalized spacial score (nSPS) is 30.1. The molecule has 19 heavy (non-hydrogen) atoms. The van der Waals surface area contributed by atoms with Gasteiger partial charge in [0.2, 0.25) is 5.91 Å². The second kappa shape index (κ2) is 5.38. The quantitative estimate of drug-likeness (QED) is 0.761. The SMILES string of the molecule is CC1(C)CN(C(=O)C2(C)CCNCC2)CC(CO)O1. The number of hydrogen-bond acceptors (Lipinski definition) is 4. The number of ether oxygens (including phenoxy) is 1. The number of piperidine rings is 1. The highest BCUT2D eigenvalue weighted by molar-refractivity contribution is 5.82. The molecule has 5 nitrogen and oxygen atoms in total. The molecule has 2 saturated heterocycles. The molecule has 1 atom stereocenters. The van der Waals surface area contributed by atoms with Gasteiger partial charge in [-0.05, 0) is 39.8 Å². The molecule has 5 heteroatoms. The zero-order valence-electron chi connectivity index (χ0n) is 12.2. The van der Waals surface area contributed by atoms with Crippen molar-refractivity contribution < 1.29 is 14.6 Å². The number of aliphatic hydroxyl groups excluding tert-OH is 1. The number of carbonyl (C=O) groups excluding carboxylic acids is 1. The van der Waals surface area contributed by atoms with Crippen LogP contribution in [0.3, 0.4) is 0 Å². The van der Waals surface area contributed by atoms with Crippen LogP contribution in [0.25, 0.3) is 0 Å². The molecule has 0 aromatic heterocycles. The molecule has 2 heterocycles. The molecule has 1 amide bonds. The topological polar surface area (TPSA) is 61.8 Å². The fourth-order valence-corrected chi connectivity index (χ4v) is 3.12. The molecule has 0 aliphatic carbocycles. The molecule has 1 unspecified atom stereocenters. The van der Waals surface area contributed by atoms with E-state index >= 15 is 0 Å². The third-order valence-electron chi connectivity index (χ3n) is 4.20. The average Bonchev–Trinajstić information content (AvgIpc) is 2.36. The molecule has 2 aliphatic rings. The molecule has 0 saturated carbocycles. The molecule has 0 radical (unpaired) electrons. The third kappa shape index (κ3) is 3.27. The van der Waals surface area contributed by atoms with E-state index in [0.29, 0.717) is 13.1 Å². The first kappa shape index (κ1) is 14.8. The van der Waals surface area contributed by atoms with Gasteiger partial charge in [-0.3, -0.25) is 4.79 Å². The van der Waals surface area contributed by atoms with E-state index in [1.54, 1.807) is 0 Å². The van der Waals surface area contributed by atoms with Crippen molar-refractivity contribution in [3.63, 3.8) is 0 Å². The van der Waals surface area contributed by atoms with E-state index in [2.05, 4.69) is 12.2 Å². The number of amides is 1. The van der Waals surface area contributed by atoms with Crippen LogP contribution in [-0.4, -0.2) is 60.4 Å². The van der Waals surface area contributed by atoms with Crippen LogP contribution >= 0.6 is 0 Å². The monoisotopic (exact) mass is 270 g/mol. The zero-order valence-corrected chi connectivity index (χ0v) is 12.2. The number of aliphatic hydroxyl groups is 1. The molecule has 0 spiro atoms. The predicted molar refractivity (Wildman–Crippen MR) is 72.8 cm³/mol. The average molecular weight is 270 g/mol. The van der Waals surface area contributed by atoms with E-state index in [0.717, 1.165) is 25.9 Å². The Bertz CT molecular complexity index is 338. The fraction of sp³-hybridized carbons (Fsp3) is 0.929. The minimum absolute atomic E-state index is 0.0362. The van der Waals surface area contributed by atoms with E-state index in [9.17, 15) is 9.90 Å². The summed E-state index contributed by atoms with van der Waals surface area (Å²) < 4.78 is 5.77. The van der Waals surface area contributed by atoms with Crippen LogP contribution in [-0.2, 0) is 9.53 Å². The van der Waals surface area contributed by atoms with Crippen LogP contribution in [0.4, 0.5) is 0 Å². The summed E-state index contributed by atoms with van der Waals surface area (Å²) >= 11 is 0. The first-order valence-electron chi connectivity index (χ1n) is 7.15. The van der Waals surface area contributed by atoms with Crippen LogP contribution in [0.1, 0.15) is 33.6 Å². The van der Waals surface area contributed by atoms with Gasteiger partial charge in [0, 0.05) is 18.5 Å². The van der Waals surface area contributed by atoms with Gasteiger partial charge in [-0.15, -0.1) is 0 Å². The van der Waals surface area contributed by atoms with Crippen molar-refractivity contribution in [3.8, 4) is 0 Å². The molecular weight excluding hydrogens is 244 g/mol. The van der Waals surface area contributed by atoms with E-state index < -0.39 is 0 Å². The molecule has 0 aromatic rings. The third-order valence-corrected chi connectivity index (χ3v) is 4.20. The lowest BCUT2D eigenvalue weighted by atomic mass is 9.79. The van der Waals surface area contributed by atoms with Crippen molar-refractivity contribution in [2.75, 3.05) is 32.8 Å². The van der Waals surface area contributed by atoms with Gasteiger partial charge < -0.3 is 20.1 Å². The van der Waals surface area contributed by atoms with Gasteiger partial charge in [0.05, 0.1) is 18.3 Å². The minimum atomic E-state index is -0.384. The summed E-state index contributed by atoms with van der Waals surface area (Å²) in [5.74, 6) is 0.212. The van der Waals surface area contributed by atoms with Gasteiger partial charge in [-0.25, -0.2) is 0 Å². The van der Waals surface area contributed by atoms with Gasteiger partial charge in [-0.2, -0.15) is 0 Å². The second-order valence-electron chi connectivity index (χ2n) is 6.68. The molecular formula is C14H26N2O3. The Balaban J connectivity index is 2.09. The summed E-state index contributed by atoms with van der Waals surface area (Å²) in [6.45, 7) is 8.88. The Hall–Kier alpha value is -0.650. The smallest absolute Gasteiger partial charge is 0.228 e. The molecule has 2 rings (SSSR count). The predicted octanol–water partition coefficient (Wildman–Crippen LogP) is 0.374. The largest absolute Gasteiger partial charge is 0.394 e. The molecule has 0 aromatic carbocycles. The maximum Gasteiger partial charge on any atom is 0.228 e. The Morgan fingerprint density at radius 2 is 2.00 bits per heavy atom. The van der Waals surface area contributed by atoms with Crippen LogP contribution in [0, 0.1) is 5.41 Å². The first-order chi connectivity index (χ1) is 8.86. The van der Waals surface area contributed by atoms with Gasteiger partial charge >= 0.3 is 0 Å². The maximum atomic E-state index is 12.8. The lowest BCUT2D eigenvalue weighted by molar-refractivity contribution is -0.174. The van der Waals surface area contributed by atoms with E-state index in [4.69, 9.17) is 4.74 Å². The minimum Gasteiger partial charge on any atom is -0.394 e. The number of morpholine rings is 1. The van der Waals surface area contributed by atoms with Crippen molar-refractivity contribution in [2.24, 2.45) is 5.41 Å². The van der Waals surface area contributed by atoms with Crippen molar-refractivity contribution in [3.05, 3.63) is 0 Å². The Morgan fingerprint density at radius 3 is 2.58 bits per heavy atom. The Labute approximate surface area is 115 Å². The summed E-state index contributed by atoms with van der Waals surface area (Å²) in [5, 5.41) is 12.6. The number of carbonyl (C=O) groups is 1. The Kier molecular flexibility index (Phi) is 4.18. The van der Waals surface area contributed by atoms with Crippen LogP contribution in [0.5, 0.6) is 0 Å². The van der Waals surface area contributed by atoms with Crippen molar-refractivity contribution >= 4 is 5.91 Å². The molecule has 2 N–H and O–H groups in total. The van der Waals surface area contributed by atoms with Gasteiger partial charge in [0.15, 0.2) is 0 Å². The van der Waals surface area contributed by atoms with Crippen molar-refractivity contribution in [2.45, 2.75) is 45.3 Å². The molecule has 110 valence electrons. The van der Waals surface area contributed by atoms with Gasteiger partial charge in [0.25, 0.3) is 0 Å². The van der Waals surface area contributed by atoms with Crippen molar-refractivity contribution in [1.29, 1.82) is 0 Å². The highest BCUT2D eigenvalue weighted by Crippen LogP contribution is 2.32. The number of rotatable bonds is 2. The summed E-state index contributed by atoms with van der Waals surface area (Å²) in [6.07, 6.45) is 1.50. The number of hydrogen-bond donors (Lipinski definition) is 2. The van der Waals surface area contributed by atoms with Crippen molar-refractivity contribution in [1.82, 2.24) is 10.2 Å². The summed E-state index contributed by atoms with van der Waals surface area (Å²) in [4.78, 5) is 14.7. The van der Waals surface area contributed by atoms with Gasteiger partial charge in [-0.1, -0.05) is 6.92 Å². The summed E-state index contributed by atoms with van der Waals surface area (Å²) in [6, 6.07) is 0. The van der Waals surface area contributed by atoms with Crippen LogP contribution in [0.2, 0.25) is 0 Å². The summed E-state index contributed by atoms with van der Waals surface area (Å²) in [5.41, 5.74) is -0.650. The van der Waals surface area contributed by atoms with Crippen LogP contribution in [0.15, 0.2) is 0 Å². The molecule has 2 fully saturated rings. The van der Waals surface area contributed by atoms with E-state index in [1.165, 1.54) is 0 Å². The molecule has 2 aliphatic heterocycles. The highest BCUT2D eigenvalue weighted by Gasteiger charge is 2.42. The van der Waals surface area contributed by atoms with Gasteiger partial charge in [0.1, 0.15) is 0 Å². The Morgan fingerprint density at radius 1 is 1.37 bits per heavy atom. The first-order valence-corrected chi connectivity index (χ1v) is 7.15. The maximum absolute atomic E-state index is 12.8. The highest BCUT2D eigenvalue weighted by atomic mass is 16.5. The zero-order chi connectivity index (χ0) is 14.1. The standard InChI is InChI=1S/C14H26N2O3/c1-13(2)10-16(8-11(9-17)19-13)12(18)14(3)4-6-15-7-5-14/h11,15,17H,4-10H2,1-3H3. The summed E-state index contributed by atoms with van der Waals surface area (Å²) in [7, 11) is 0. The lowest BCUT2D eigenvalue weighted by Crippen LogP contribution is -2.59. The number of nitrogens with zero attached hydrogens (tertiary/aromatic N) is 1. The lowest BCUT2D eigenvalue weighted by Gasteiger charge is -2.46. The molecule has 0 bridgehead atoms. The fourth-order valence-electron chi connectivity index (χ4n) is 3.12. The van der Waals surface area contributed by atoms with Crippen LogP contribution < -0.4 is 5.32 Å².